The van der Waals surface area contributed by atoms with Crippen molar-refractivity contribution in [3.63, 3.8) is 0 Å². The molecule has 0 spiro atoms. The lowest BCUT2D eigenvalue weighted by Gasteiger charge is -2.38. The van der Waals surface area contributed by atoms with Crippen LogP contribution in [0.1, 0.15) is 102 Å². The van der Waals surface area contributed by atoms with Crippen molar-refractivity contribution in [3.8, 4) is 11.5 Å². The van der Waals surface area contributed by atoms with Crippen molar-refractivity contribution >= 4 is 0 Å². The van der Waals surface area contributed by atoms with E-state index in [-0.39, 0.29) is 29.4 Å². The van der Waals surface area contributed by atoms with Gasteiger partial charge in [0.1, 0.15) is 11.5 Å². The summed E-state index contributed by atoms with van der Waals surface area (Å²) in [5.74, 6) is -4.30. The molecule has 0 unspecified atom stereocenters. The third-order valence-electron chi connectivity index (χ3n) is 8.56. The Kier molecular flexibility index (Phi) is 8.95. The van der Waals surface area contributed by atoms with E-state index in [1.807, 2.05) is 0 Å². The number of halogens is 5. The third kappa shape index (κ3) is 5.89. The number of hydrogen-bond acceptors (Lipinski definition) is 1. The van der Waals surface area contributed by atoms with E-state index in [0.29, 0.717) is 11.5 Å². The van der Waals surface area contributed by atoms with Crippen molar-refractivity contribution in [2.75, 3.05) is 0 Å². The van der Waals surface area contributed by atoms with Crippen LogP contribution in [0.3, 0.4) is 0 Å². The highest BCUT2D eigenvalue weighted by molar-refractivity contribution is 5.48. The van der Waals surface area contributed by atoms with E-state index < -0.39 is 29.1 Å². The van der Waals surface area contributed by atoms with E-state index in [1.54, 1.807) is 6.92 Å². The van der Waals surface area contributed by atoms with Crippen LogP contribution in [0.4, 0.5) is 22.0 Å². The Morgan fingerprint density at radius 3 is 1.83 bits per heavy atom. The molecule has 2 aliphatic rings. The van der Waals surface area contributed by atoms with Gasteiger partial charge in [-0.25, -0.2) is 22.0 Å². The van der Waals surface area contributed by atoms with Crippen molar-refractivity contribution < 1.29 is 26.7 Å². The molecule has 0 heterocycles. The molecule has 0 radical (unpaired) electrons. The first-order valence-electron chi connectivity index (χ1n) is 13.6. The highest BCUT2D eigenvalue weighted by atomic mass is 19.2. The van der Waals surface area contributed by atoms with E-state index in [0.717, 1.165) is 49.7 Å². The topological polar surface area (TPSA) is 9.23 Å². The average molecular weight is 509 g/mol. The summed E-state index contributed by atoms with van der Waals surface area (Å²) in [6, 6.07) is 2.64. The molecule has 2 aromatic carbocycles. The highest BCUT2D eigenvalue weighted by Gasteiger charge is 2.33. The monoisotopic (exact) mass is 508 g/mol. The summed E-state index contributed by atoms with van der Waals surface area (Å²) in [6.07, 6.45) is 13.0. The fourth-order valence-electron chi connectivity index (χ4n) is 6.47. The van der Waals surface area contributed by atoms with E-state index in [9.17, 15) is 22.0 Å². The summed E-state index contributed by atoms with van der Waals surface area (Å²) in [7, 11) is 0. The lowest BCUT2D eigenvalue weighted by molar-refractivity contribution is 0.155. The van der Waals surface area contributed by atoms with E-state index in [1.165, 1.54) is 51.0 Å². The molecule has 0 bridgehead atoms. The Morgan fingerprint density at radius 2 is 1.28 bits per heavy atom. The molecule has 2 aliphatic carbocycles. The zero-order chi connectivity index (χ0) is 25.8. The average Bonchev–Trinajstić information content (AvgIpc) is 2.88. The van der Waals surface area contributed by atoms with Crippen molar-refractivity contribution in [2.24, 2.45) is 17.8 Å². The predicted molar refractivity (Wildman–Crippen MR) is 132 cm³/mol. The number of benzene rings is 2. The van der Waals surface area contributed by atoms with E-state index >= 15 is 0 Å². The Labute approximate surface area is 211 Å². The van der Waals surface area contributed by atoms with Crippen LogP contribution in [0.2, 0.25) is 0 Å². The lowest BCUT2D eigenvalue weighted by atomic mass is 9.67. The number of unbranched alkanes of at least 4 members (excludes halogenated alkanes) is 1. The van der Waals surface area contributed by atoms with Gasteiger partial charge in [0.15, 0.2) is 29.1 Å². The van der Waals surface area contributed by atoms with Gasteiger partial charge in [0.05, 0.1) is 0 Å². The summed E-state index contributed by atoms with van der Waals surface area (Å²) in [6.45, 7) is 3.92. The normalized spacial score (nSPS) is 24.6. The summed E-state index contributed by atoms with van der Waals surface area (Å²) in [5, 5.41) is 0. The third-order valence-corrected chi connectivity index (χ3v) is 8.56. The molecule has 1 nitrogen and oxygen atoms in total. The molecule has 6 heteroatoms. The molecule has 198 valence electrons. The van der Waals surface area contributed by atoms with Crippen molar-refractivity contribution in [1.29, 1.82) is 0 Å². The Balaban J connectivity index is 1.50. The fraction of sp³-hybridized carbons (Fsp3) is 0.600. The van der Waals surface area contributed by atoms with Gasteiger partial charge < -0.3 is 4.74 Å². The number of rotatable bonds is 8. The van der Waals surface area contributed by atoms with Crippen LogP contribution in [0.25, 0.3) is 0 Å². The molecule has 0 N–H and O–H groups in total. The van der Waals surface area contributed by atoms with E-state index in [2.05, 4.69) is 6.92 Å². The van der Waals surface area contributed by atoms with Crippen LogP contribution in [0.5, 0.6) is 11.5 Å². The van der Waals surface area contributed by atoms with Crippen molar-refractivity contribution in [3.05, 3.63) is 58.4 Å². The number of ether oxygens (including phenoxy) is 1. The molecule has 0 atom stereocenters. The SMILES string of the molecule is CCCCC1CCC(C2CCC(c3cc(F)c(F)c(CC)c3Oc3cc(F)c(F)c(F)c3)CC2)CC1. The van der Waals surface area contributed by atoms with Gasteiger partial charge >= 0.3 is 0 Å². The van der Waals surface area contributed by atoms with Crippen LogP contribution in [-0.4, -0.2) is 0 Å². The molecule has 0 amide bonds. The molecule has 0 aliphatic heterocycles. The maximum Gasteiger partial charge on any atom is 0.194 e. The fourth-order valence-corrected chi connectivity index (χ4v) is 6.47. The van der Waals surface area contributed by atoms with Crippen LogP contribution >= 0.6 is 0 Å². The lowest BCUT2D eigenvalue weighted by Crippen LogP contribution is -2.25. The molecule has 0 saturated heterocycles. The summed E-state index contributed by atoms with van der Waals surface area (Å²) < 4.78 is 76.1. The summed E-state index contributed by atoms with van der Waals surface area (Å²) >= 11 is 0. The Bertz CT molecular complexity index is 1010. The van der Waals surface area contributed by atoms with Crippen molar-refractivity contribution in [2.45, 2.75) is 96.8 Å². The first-order chi connectivity index (χ1) is 17.3. The second kappa shape index (κ2) is 12.0. The van der Waals surface area contributed by atoms with Gasteiger partial charge in [-0.05, 0) is 74.7 Å². The van der Waals surface area contributed by atoms with Crippen LogP contribution in [0, 0.1) is 46.8 Å². The molecule has 4 rings (SSSR count). The smallest absolute Gasteiger partial charge is 0.194 e. The second-order valence-electron chi connectivity index (χ2n) is 10.8. The molecule has 36 heavy (non-hydrogen) atoms. The molecular formula is C30H37F5O. The molecule has 2 aromatic rings. The van der Waals surface area contributed by atoms with Gasteiger partial charge in [-0.2, -0.15) is 0 Å². The van der Waals surface area contributed by atoms with Gasteiger partial charge in [0.25, 0.3) is 0 Å². The molecular weight excluding hydrogens is 471 g/mol. The summed E-state index contributed by atoms with van der Waals surface area (Å²) in [4.78, 5) is 0. The first-order valence-corrected chi connectivity index (χ1v) is 13.6. The minimum absolute atomic E-state index is 0.0302. The molecule has 2 fully saturated rings. The zero-order valence-electron chi connectivity index (χ0n) is 21.3. The van der Waals surface area contributed by atoms with Gasteiger partial charge in [-0.15, -0.1) is 0 Å². The Morgan fingerprint density at radius 1 is 0.722 bits per heavy atom. The minimum atomic E-state index is -1.60. The van der Waals surface area contributed by atoms with Gasteiger partial charge in [0.2, 0.25) is 0 Å². The Hall–Kier alpha value is -2.11. The second-order valence-corrected chi connectivity index (χ2v) is 10.8. The summed E-state index contributed by atoms with van der Waals surface area (Å²) in [5.41, 5.74) is 0.556. The maximum atomic E-state index is 14.7. The maximum absolute atomic E-state index is 14.7. The first kappa shape index (κ1) is 26.9. The largest absolute Gasteiger partial charge is 0.456 e. The molecule has 2 saturated carbocycles. The minimum Gasteiger partial charge on any atom is -0.456 e. The van der Waals surface area contributed by atoms with Crippen molar-refractivity contribution in [1.82, 2.24) is 0 Å². The predicted octanol–water partition coefficient (Wildman–Crippen LogP) is 10.0. The quantitative estimate of drug-likeness (QED) is 0.255. The number of hydrogen-bond donors (Lipinski definition) is 0. The van der Waals surface area contributed by atoms with Crippen LogP contribution in [-0.2, 0) is 6.42 Å². The van der Waals surface area contributed by atoms with Crippen LogP contribution < -0.4 is 4.74 Å². The van der Waals surface area contributed by atoms with Gasteiger partial charge in [-0.3, -0.25) is 0 Å². The van der Waals surface area contributed by atoms with E-state index in [4.69, 9.17) is 4.74 Å². The van der Waals surface area contributed by atoms with Gasteiger partial charge in [-0.1, -0.05) is 46.0 Å². The highest BCUT2D eigenvalue weighted by Crippen LogP contribution is 2.48. The zero-order valence-corrected chi connectivity index (χ0v) is 21.3. The molecule has 0 aromatic heterocycles. The standard InChI is InChI=1S/C30H37F5O/c1-3-5-6-18-7-9-19(10-8-18)20-11-13-21(14-12-20)24-17-27(33)28(34)23(4-2)30(24)36-22-15-25(31)29(35)26(32)16-22/h15-21H,3-14H2,1-2H3. The van der Waals surface area contributed by atoms with Gasteiger partial charge in [0, 0.05) is 23.3 Å². The van der Waals surface area contributed by atoms with Crippen LogP contribution in [0.15, 0.2) is 18.2 Å².